The Kier molecular flexibility index (Phi) is 6.38. The molecule has 0 aromatic heterocycles. The Bertz CT molecular complexity index is 762. The zero-order valence-electron chi connectivity index (χ0n) is 16.7. The van der Waals surface area contributed by atoms with Gasteiger partial charge in [-0.15, -0.1) is 0 Å². The second-order valence-corrected chi connectivity index (χ2v) is 7.35. The lowest BCUT2D eigenvalue weighted by Crippen LogP contribution is -2.49. The summed E-state index contributed by atoms with van der Waals surface area (Å²) in [6.45, 7) is 10.4. The molecule has 0 saturated carbocycles. The standard InChI is InChI=1S/C23H30N2O2/c1-18-9-11-21(12-10-18)27-17-5-8-23(26)25-15-13-24(14-16-25)22-7-4-6-19(2)20(22)3/h4,6-7,9-12H,5,8,13-17H2,1-3H3. The van der Waals surface area contributed by atoms with Crippen LogP contribution in [0, 0.1) is 20.8 Å². The predicted molar refractivity (Wildman–Crippen MR) is 111 cm³/mol. The average molecular weight is 367 g/mol. The highest BCUT2D eigenvalue weighted by Gasteiger charge is 2.21. The van der Waals surface area contributed by atoms with E-state index in [0.717, 1.165) is 38.3 Å². The van der Waals surface area contributed by atoms with Crippen molar-refractivity contribution in [1.29, 1.82) is 0 Å². The molecule has 0 aliphatic carbocycles. The van der Waals surface area contributed by atoms with Gasteiger partial charge in [-0.05, 0) is 56.5 Å². The van der Waals surface area contributed by atoms with Crippen LogP contribution in [0.1, 0.15) is 29.5 Å². The molecule has 0 atom stereocenters. The Morgan fingerprint density at radius 2 is 1.67 bits per heavy atom. The number of hydrogen-bond acceptors (Lipinski definition) is 3. The van der Waals surface area contributed by atoms with Gasteiger partial charge in [-0.3, -0.25) is 4.79 Å². The molecule has 2 aromatic carbocycles. The Morgan fingerprint density at radius 1 is 0.963 bits per heavy atom. The molecule has 1 heterocycles. The van der Waals surface area contributed by atoms with Crippen molar-refractivity contribution in [2.45, 2.75) is 33.6 Å². The van der Waals surface area contributed by atoms with E-state index in [9.17, 15) is 4.79 Å². The molecule has 4 heteroatoms. The van der Waals surface area contributed by atoms with Crippen LogP contribution in [0.5, 0.6) is 5.75 Å². The van der Waals surface area contributed by atoms with E-state index in [4.69, 9.17) is 4.74 Å². The molecule has 1 saturated heterocycles. The number of ether oxygens (including phenoxy) is 1. The van der Waals surface area contributed by atoms with Crippen LogP contribution in [0.25, 0.3) is 0 Å². The molecule has 1 amide bonds. The highest BCUT2D eigenvalue weighted by molar-refractivity contribution is 5.76. The molecule has 1 aliphatic rings. The largest absolute Gasteiger partial charge is 0.494 e. The SMILES string of the molecule is Cc1ccc(OCCCC(=O)N2CCN(c3cccc(C)c3C)CC2)cc1. The van der Waals surface area contributed by atoms with Crippen molar-refractivity contribution in [3.05, 3.63) is 59.2 Å². The topological polar surface area (TPSA) is 32.8 Å². The van der Waals surface area contributed by atoms with Gasteiger partial charge in [0.05, 0.1) is 6.61 Å². The minimum Gasteiger partial charge on any atom is -0.494 e. The first-order chi connectivity index (χ1) is 13.0. The van der Waals surface area contributed by atoms with Gasteiger partial charge in [0.15, 0.2) is 0 Å². The molecule has 1 fully saturated rings. The van der Waals surface area contributed by atoms with E-state index in [1.165, 1.54) is 22.4 Å². The fourth-order valence-electron chi connectivity index (χ4n) is 3.48. The molecular weight excluding hydrogens is 336 g/mol. The highest BCUT2D eigenvalue weighted by atomic mass is 16.5. The zero-order valence-corrected chi connectivity index (χ0v) is 16.7. The van der Waals surface area contributed by atoms with Crippen LogP contribution in [-0.2, 0) is 4.79 Å². The number of hydrogen-bond donors (Lipinski definition) is 0. The van der Waals surface area contributed by atoms with Gasteiger partial charge in [0.25, 0.3) is 0 Å². The van der Waals surface area contributed by atoms with Gasteiger partial charge in [-0.25, -0.2) is 0 Å². The van der Waals surface area contributed by atoms with Crippen LogP contribution in [0.15, 0.2) is 42.5 Å². The van der Waals surface area contributed by atoms with Crippen molar-refractivity contribution in [3.8, 4) is 5.75 Å². The molecule has 2 aromatic rings. The highest BCUT2D eigenvalue weighted by Crippen LogP contribution is 2.24. The van der Waals surface area contributed by atoms with Crippen LogP contribution in [-0.4, -0.2) is 43.6 Å². The van der Waals surface area contributed by atoms with E-state index in [1.54, 1.807) is 0 Å². The fraction of sp³-hybridized carbons (Fsp3) is 0.435. The van der Waals surface area contributed by atoms with E-state index < -0.39 is 0 Å². The number of benzene rings is 2. The second kappa shape index (κ2) is 8.94. The average Bonchev–Trinajstić information content (AvgIpc) is 2.69. The third kappa shape index (κ3) is 5.03. The minimum atomic E-state index is 0.239. The number of anilines is 1. The monoisotopic (exact) mass is 366 g/mol. The Hall–Kier alpha value is -2.49. The number of amides is 1. The van der Waals surface area contributed by atoms with Gasteiger partial charge in [0.1, 0.15) is 5.75 Å². The number of carbonyl (C=O) groups excluding carboxylic acids is 1. The number of rotatable bonds is 6. The Balaban J connectivity index is 1.40. The Labute approximate surface area is 162 Å². The number of nitrogens with zero attached hydrogens (tertiary/aromatic N) is 2. The quantitative estimate of drug-likeness (QED) is 0.721. The molecule has 144 valence electrons. The molecule has 3 rings (SSSR count). The van der Waals surface area contributed by atoms with Gasteiger partial charge in [0, 0.05) is 38.3 Å². The smallest absolute Gasteiger partial charge is 0.222 e. The molecule has 0 unspecified atom stereocenters. The zero-order chi connectivity index (χ0) is 19.2. The third-order valence-electron chi connectivity index (χ3n) is 5.37. The van der Waals surface area contributed by atoms with Crippen molar-refractivity contribution in [2.75, 3.05) is 37.7 Å². The maximum Gasteiger partial charge on any atom is 0.222 e. The summed E-state index contributed by atoms with van der Waals surface area (Å²) in [5, 5.41) is 0. The van der Waals surface area contributed by atoms with Gasteiger partial charge < -0.3 is 14.5 Å². The summed E-state index contributed by atoms with van der Waals surface area (Å²) in [5.74, 6) is 1.11. The van der Waals surface area contributed by atoms with Crippen molar-refractivity contribution in [3.63, 3.8) is 0 Å². The molecule has 0 N–H and O–H groups in total. The van der Waals surface area contributed by atoms with Crippen molar-refractivity contribution in [2.24, 2.45) is 0 Å². The van der Waals surface area contributed by atoms with Crippen molar-refractivity contribution in [1.82, 2.24) is 4.90 Å². The lowest BCUT2D eigenvalue weighted by Gasteiger charge is -2.37. The predicted octanol–water partition coefficient (Wildman–Crippen LogP) is 4.12. The lowest BCUT2D eigenvalue weighted by molar-refractivity contribution is -0.131. The summed E-state index contributed by atoms with van der Waals surface area (Å²) in [5.41, 5.74) is 5.18. The van der Waals surface area contributed by atoms with Crippen LogP contribution in [0.3, 0.4) is 0 Å². The summed E-state index contributed by atoms with van der Waals surface area (Å²) in [7, 11) is 0. The molecule has 4 nitrogen and oxygen atoms in total. The maximum atomic E-state index is 12.5. The van der Waals surface area contributed by atoms with E-state index in [-0.39, 0.29) is 5.91 Å². The van der Waals surface area contributed by atoms with Gasteiger partial charge >= 0.3 is 0 Å². The Morgan fingerprint density at radius 3 is 2.37 bits per heavy atom. The fourth-order valence-corrected chi connectivity index (χ4v) is 3.48. The normalized spacial score (nSPS) is 14.3. The first kappa shape index (κ1) is 19.3. The lowest BCUT2D eigenvalue weighted by atomic mass is 10.1. The van der Waals surface area contributed by atoms with Crippen LogP contribution in [0.4, 0.5) is 5.69 Å². The molecule has 27 heavy (non-hydrogen) atoms. The van der Waals surface area contributed by atoms with E-state index in [1.807, 2.05) is 29.2 Å². The summed E-state index contributed by atoms with van der Waals surface area (Å²) < 4.78 is 5.72. The molecular formula is C23H30N2O2. The molecule has 0 spiro atoms. The first-order valence-corrected chi connectivity index (χ1v) is 9.83. The van der Waals surface area contributed by atoms with Crippen LogP contribution >= 0.6 is 0 Å². The summed E-state index contributed by atoms with van der Waals surface area (Å²) in [6, 6.07) is 14.5. The summed E-state index contributed by atoms with van der Waals surface area (Å²) >= 11 is 0. The van der Waals surface area contributed by atoms with Gasteiger partial charge in [0.2, 0.25) is 5.91 Å². The maximum absolute atomic E-state index is 12.5. The van der Waals surface area contributed by atoms with Gasteiger partial charge in [-0.1, -0.05) is 29.8 Å². The summed E-state index contributed by atoms with van der Waals surface area (Å²) in [6.07, 6.45) is 1.30. The van der Waals surface area contributed by atoms with Gasteiger partial charge in [-0.2, -0.15) is 0 Å². The summed E-state index contributed by atoms with van der Waals surface area (Å²) in [4.78, 5) is 16.9. The van der Waals surface area contributed by atoms with E-state index in [2.05, 4.69) is 43.9 Å². The van der Waals surface area contributed by atoms with E-state index in [0.29, 0.717) is 13.0 Å². The third-order valence-corrected chi connectivity index (χ3v) is 5.37. The van der Waals surface area contributed by atoms with Crippen LogP contribution in [0.2, 0.25) is 0 Å². The molecule has 0 radical (unpaired) electrons. The van der Waals surface area contributed by atoms with Crippen molar-refractivity contribution >= 4 is 11.6 Å². The van der Waals surface area contributed by atoms with Crippen LogP contribution < -0.4 is 9.64 Å². The molecule has 1 aliphatic heterocycles. The number of aryl methyl sites for hydroxylation is 2. The van der Waals surface area contributed by atoms with E-state index >= 15 is 0 Å². The number of carbonyl (C=O) groups is 1. The number of piperazine rings is 1. The minimum absolute atomic E-state index is 0.239. The molecule has 0 bridgehead atoms. The second-order valence-electron chi connectivity index (χ2n) is 7.35. The van der Waals surface area contributed by atoms with Crippen molar-refractivity contribution < 1.29 is 9.53 Å². The first-order valence-electron chi connectivity index (χ1n) is 9.83.